The molecule has 1 amide bonds. The number of likely N-dealkylation sites (tertiary alicyclic amines) is 2. The van der Waals surface area contributed by atoms with E-state index in [0.717, 1.165) is 57.4 Å². The molecule has 25 heavy (non-hydrogen) atoms. The largest absolute Gasteiger partial charge is 0.364 e. The molecule has 4 rings (SSSR count). The van der Waals surface area contributed by atoms with Gasteiger partial charge in [-0.3, -0.25) is 9.69 Å². The zero-order valence-electron chi connectivity index (χ0n) is 14.3. The van der Waals surface area contributed by atoms with Gasteiger partial charge in [-0.2, -0.15) is 0 Å². The summed E-state index contributed by atoms with van der Waals surface area (Å²) in [6.07, 6.45) is 3.75. The van der Waals surface area contributed by atoms with Crippen molar-refractivity contribution in [1.82, 2.24) is 9.80 Å². The van der Waals surface area contributed by atoms with E-state index in [1.165, 1.54) is 12.1 Å². The van der Waals surface area contributed by atoms with Crippen molar-refractivity contribution in [1.29, 1.82) is 0 Å². The maximum absolute atomic E-state index is 13.4. The number of fused-ring (bicyclic) bond motifs is 1. The van der Waals surface area contributed by atoms with E-state index in [0.29, 0.717) is 12.5 Å². The van der Waals surface area contributed by atoms with Crippen LogP contribution in [0.4, 0.5) is 8.78 Å². The molecule has 1 aromatic rings. The Morgan fingerprint density at radius 3 is 2.72 bits per heavy atom. The fraction of sp³-hybridized carbons (Fsp3) is 0.632. The number of nitrogens with zero attached hydrogens (tertiary/aromatic N) is 2. The van der Waals surface area contributed by atoms with Gasteiger partial charge in [-0.1, -0.05) is 6.07 Å². The van der Waals surface area contributed by atoms with E-state index in [-0.39, 0.29) is 18.1 Å². The zero-order chi connectivity index (χ0) is 17.4. The fourth-order valence-corrected chi connectivity index (χ4v) is 4.33. The lowest BCUT2D eigenvalue weighted by Gasteiger charge is -2.34. The molecule has 1 aromatic carbocycles. The maximum atomic E-state index is 13.4. The minimum absolute atomic E-state index is 0.0654. The molecule has 136 valence electrons. The summed E-state index contributed by atoms with van der Waals surface area (Å²) in [4.78, 5) is 16.7. The first-order valence-electron chi connectivity index (χ1n) is 9.20. The monoisotopic (exact) mass is 350 g/mol. The van der Waals surface area contributed by atoms with Crippen LogP contribution >= 0.6 is 0 Å². The van der Waals surface area contributed by atoms with Crippen LogP contribution in [0.3, 0.4) is 0 Å². The third kappa shape index (κ3) is 3.55. The van der Waals surface area contributed by atoms with Crippen molar-refractivity contribution < 1.29 is 18.3 Å². The minimum Gasteiger partial charge on any atom is -0.364 e. The van der Waals surface area contributed by atoms with Crippen LogP contribution in [-0.4, -0.2) is 54.1 Å². The summed E-state index contributed by atoms with van der Waals surface area (Å²) in [5, 5.41) is 0. The van der Waals surface area contributed by atoms with Crippen molar-refractivity contribution in [3.63, 3.8) is 0 Å². The van der Waals surface area contributed by atoms with Gasteiger partial charge in [0.15, 0.2) is 11.6 Å². The highest BCUT2D eigenvalue weighted by Crippen LogP contribution is 2.34. The Kier molecular flexibility index (Phi) is 4.73. The lowest BCUT2D eigenvalue weighted by molar-refractivity contribution is -0.142. The van der Waals surface area contributed by atoms with Gasteiger partial charge in [0.05, 0.1) is 6.10 Å². The van der Waals surface area contributed by atoms with Crippen molar-refractivity contribution >= 4 is 5.91 Å². The van der Waals surface area contributed by atoms with Crippen LogP contribution in [0.25, 0.3) is 0 Å². The number of rotatable bonds is 3. The molecule has 4 nitrogen and oxygen atoms in total. The average molecular weight is 350 g/mol. The highest BCUT2D eigenvalue weighted by Gasteiger charge is 2.43. The second-order valence-corrected chi connectivity index (χ2v) is 7.46. The Balaban J connectivity index is 1.35. The smallest absolute Gasteiger partial charge is 0.251 e. The normalized spacial score (nSPS) is 29.8. The van der Waals surface area contributed by atoms with Gasteiger partial charge in [-0.05, 0) is 55.8 Å². The molecule has 3 fully saturated rings. The van der Waals surface area contributed by atoms with E-state index in [2.05, 4.69) is 4.90 Å². The molecule has 6 heteroatoms. The second-order valence-electron chi connectivity index (χ2n) is 7.46. The van der Waals surface area contributed by atoms with Gasteiger partial charge < -0.3 is 9.64 Å². The summed E-state index contributed by atoms with van der Waals surface area (Å²) in [5.41, 5.74) is 0.764. The number of benzene rings is 1. The van der Waals surface area contributed by atoms with Crippen molar-refractivity contribution in [2.45, 2.75) is 44.4 Å². The topological polar surface area (TPSA) is 32.8 Å². The van der Waals surface area contributed by atoms with Gasteiger partial charge in [0.25, 0.3) is 5.91 Å². The third-order valence-electron chi connectivity index (χ3n) is 5.72. The minimum atomic E-state index is -0.815. The molecular weight excluding hydrogens is 326 g/mol. The van der Waals surface area contributed by atoms with Crippen LogP contribution in [-0.2, 0) is 16.1 Å². The quantitative estimate of drug-likeness (QED) is 0.840. The van der Waals surface area contributed by atoms with Crippen LogP contribution in [0.1, 0.15) is 31.2 Å². The van der Waals surface area contributed by atoms with E-state index < -0.39 is 11.6 Å². The van der Waals surface area contributed by atoms with Crippen molar-refractivity contribution in [2.75, 3.05) is 26.2 Å². The predicted molar refractivity (Wildman–Crippen MR) is 88.8 cm³/mol. The number of hydrogen-bond donors (Lipinski definition) is 0. The van der Waals surface area contributed by atoms with E-state index in [9.17, 15) is 13.6 Å². The summed E-state index contributed by atoms with van der Waals surface area (Å²) < 4.78 is 32.5. The molecule has 0 aromatic heterocycles. The number of hydrogen-bond acceptors (Lipinski definition) is 3. The molecule has 3 atom stereocenters. The number of ether oxygens (including phenoxy) is 1. The lowest BCUT2D eigenvalue weighted by atomic mass is 9.91. The fourth-order valence-electron chi connectivity index (χ4n) is 4.33. The van der Waals surface area contributed by atoms with Gasteiger partial charge in [-0.15, -0.1) is 0 Å². The molecule has 3 saturated heterocycles. The van der Waals surface area contributed by atoms with Gasteiger partial charge in [0.2, 0.25) is 0 Å². The molecule has 0 bridgehead atoms. The highest BCUT2D eigenvalue weighted by atomic mass is 19.2. The molecule has 0 spiro atoms. The predicted octanol–water partition coefficient (Wildman–Crippen LogP) is 2.57. The number of piperidine rings is 1. The standard InChI is InChI=1S/C19H24F2N2O2/c20-15-4-3-13(9-16(15)21)11-22-8-5-14-10-17(25-18(14)12-22)19(24)23-6-1-2-7-23/h3-4,9,14,17-18H,1-2,5-8,10-12H2/t14-,17-,18+/m0/s1. The Hall–Kier alpha value is -1.53. The molecular formula is C19H24F2N2O2. The summed E-state index contributed by atoms with van der Waals surface area (Å²) in [5.74, 6) is -1.04. The number of carbonyl (C=O) groups is 1. The molecule has 3 aliphatic rings. The zero-order valence-corrected chi connectivity index (χ0v) is 14.3. The first-order chi connectivity index (χ1) is 12.1. The highest BCUT2D eigenvalue weighted by molar-refractivity contribution is 5.81. The van der Waals surface area contributed by atoms with E-state index in [1.54, 1.807) is 6.07 Å². The van der Waals surface area contributed by atoms with Crippen molar-refractivity contribution in [2.24, 2.45) is 5.92 Å². The molecule has 3 heterocycles. The second kappa shape index (κ2) is 7.00. The van der Waals surface area contributed by atoms with Crippen LogP contribution in [0.5, 0.6) is 0 Å². The first kappa shape index (κ1) is 16.9. The van der Waals surface area contributed by atoms with Crippen LogP contribution in [0.15, 0.2) is 18.2 Å². The van der Waals surface area contributed by atoms with Gasteiger partial charge >= 0.3 is 0 Å². The molecule has 0 N–H and O–H groups in total. The van der Waals surface area contributed by atoms with Gasteiger partial charge in [-0.25, -0.2) is 8.78 Å². The first-order valence-corrected chi connectivity index (χ1v) is 9.20. The van der Waals surface area contributed by atoms with E-state index in [4.69, 9.17) is 4.74 Å². The van der Waals surface area contributed by atoms with E-state index >= 15 is 0 Å². The number of halogens is 2. The summed E-state index contributed by atoms with van der Waals surface area (Å²) in [7, 11) is 0. The van der Waals surface area contributed by atoms with E-state index in [1.807, 2.05) is 4.90 Å². The third-order valence-corrected chi connectivity index (χ3v) is 5.72. The van der Waals surface area contributed by atoms with Crippen molar-refractivity contribution in [3.8, 4) is 0 Å². The molecule has 0 radical (unpaired) electrons. The SMILES string of the molecule is O=C([C@@H]1C[C@@H]2CCN(Cc3ccc(F)c(F)c3)C[C@H]2O1)N1CCCC1. The molecule has 3 aliphatic heterocycles. The number of carbonyl (C=O) groups excluding carboxylic acids is 1. The Morgan fingerprint density at radius 1 is 1.16 bits per heavy atom. The maximum Gasteiger partial charge on any atom is 0.251 e. The Bertz CT molecular complexity index is 648. The van der Waals surface area contributed by atoms with Crippen LogP contribution in [0.2, 0.25) is 0 Å². The van der Waals surface area contributed by atoms with Gasteiger partial charge in [0, 0.05) is 26.2 Å². The summed E-state index contributed by atoms with van der Waals surface area (Å²) in [6, 6.07) is 4.06. The molecule has 0 unspecified atom stereocenters. The Morgan fingerprint density at radius 2 is 1.96 bits per heavy atom. The molecule has 0 aliphatic carbocycles. The summed E-state index contributed by atoms with van der Waals surface area (Å²) >= 11 is 0. The van der Waals surface area contributed by atoms with Crippen molar-refractivity contribution in [3.05, 3.63) is 35.4 Å². The Labute approximate surface area is 146 Å². The van der Waals surface area contributed by atoms with Gasteiger partial charge in [0.1, 0.15) is 6.10 Å². The average Bonchev–Trinajstić information content (AvgIpc) is 3.26. The lowest BCUT2D eigenvalue weighted by Crippen LogP contribution is -2.42. The number of amides is 1. The summed E-state index contributed by atoms with van der Waals surface area (Å²) in [6.45, 7) is 3.93. The van der Waals surface area contributed by atoms with Crippen LogP contribution in [0, 0.1) is 17.6 Å². The van der Waals surface area contributed by atoms with Crippen LogP contribution < -0.4 is 0 Å². The molecule has 0 saturated carbocycles.